The molecule has 0 aromatic carbocycles. The molecule has 1 aromatic rings. The summed E-state index contributed by atoms with van der Waals surface area (Å²) < 4.78 is 2.02. The van der Waals surface area contributed by atoms with Gasteiger partial charge in [-0.05, 0) is 13.0 Å². The summed E-state index contributed by atoms with van der Waals surface area (Å²) in [5, 5.41) is 8.07. The van der Waals surface area contributed by atoms with Gasteiger partial charge in [-0.15, -0.1) is 10.2 Å². The van der Waals surface area contributed by atoms with Crippen molar-refractivity contribution in [2.45, 2.75) is 13.0 Å². The zero-order chi connectivity index (χ0) is 10.4. The van der Waals surface area contributed by atoms with Gasteiger partial charge in [-0.25, -0.2) is 4.99 Å². The number of thiocarbonyl (C=S) groups is 1. The molecule has 0 amide bonds. The number of aliphatic imine (C=N–C) groups is 1. The first kappa shape index (κ1) is 8.67. The highest BCUT2D eigenvalue weighted by Gasteiger charge is 2.27. The van der Waals surface area contributed by atoms with Crippen molar-refractivity contribution < 1.29 is 0 Å². The van der Waals surface area contributed by atoms with E-state index in [1.54, 1.807) is 0 Å². The first-order valence-corrected chi connectivity index (χ1v) is 5.07. The van der Waals surface area contributed by atoms with Crippen molar-refractivity contribution in [2.75, 3.05) is 0 Å². The number of allylic oxidation sites excluding steroid dienone is 4. The van der Waals surface area contributed by atoms with E-state index in [2.05, 4.69) is 21.3 Å². The number of hydrogen-bond donors (Lipinski definition) is 0. The Kier molecular flexibility index (Phi) is 1.70. The van der Waals surface area contributed by atoms with Gasteiger partial charge in [0.1, 0.15) is 5.82 Å². The Morgan fingerprint density at radius 2 is 2.20 bits per heavy atom. The Labute approximate surface area is 92.0 Å². The van der Waals surface area contributed by atoms with Crippen LogP contribution in [-0.4, -0.2) is 25.5 Å². The average Bonchev–Trinajstić information content (AvgIpc) is 2.62. The van der Waals surface area contributed by atoms with Crippen molar-refractivity contribution in [1.29, 1.82) is 0 Å². The Morgan fingerprint density at radius 1 is 1.33 bits per heavy atom. The monoisotopic (exact) mass is 216 g/mol. The molecule has 1 aliphatic heterocycles. The third-order valence-electron chi connectivity index (χ3n) is 2.54. The summed E-state index contributed by atoms with van der Waals surface area (Å²) in [6.45, 7) is 1.92. The lowest BCUT2D eigenvalue weighted by Crippen LogP contribution is -2.27. The van der Waals surface area contributed by atoms with Gasteiger partial charge >= 0.3 is 0 Å². The van der Waals surface area contributed by atoms with Gasteiger partial charge < -0.3 is 0 Å². The van der Waals surface area contributed by atoms with Crippen LogP contribution in [0, 0.1) is 6.92 Å². The summed E-state index contributed by atoms with van der Waals surface area (Å²) >= 11 is 5.17. The number of aromatic nitrogens is 3. The third-order valence-corrected chi connectivity index (χ3v) is 2.81. The van der Waals surface area contributed by atoms with Crippen LogP contribution >= 0.6 is 12.2 Å². The SMILES string of the molecule is Cc1nnc2n1C1C=CC=CC1=NC2=S. The summed E-state index contributed by atoms with van der Waals surface area (Å²) in [7, 11) is 0. The Hall–Kier alpha value is -1.62. The highest BCUT2D eigenvalue weighted by Crippen LogP contribution is 2.24. The Morgan fingerprint density at radius 3 is 3.07 bits per heavy atom. The molecule has 0 saturated carbocycles. The van der Waals surface area contributed by atoms with Crippen molar-refractivity contribution in [3.05, 3.63) is 36.0 Å². The highest BCUT2D eigenvalue weighted by atomic mass is 32.1. The first-order chi connectivity index (χ1) is 7.27. The second-order valence-electron chi connectivity index (χ2n) is 3.47. The molecule has 0 N–H and O–H groups in total. The third kappa shape index (κ3) is 1.13. The zero-order valence-electron chi connectivity index (χ0n) is 8.08. The molecule has 74 valence electrons. The lowest BCUT2D eigenvalue weighted by Gasteiger charge is -2.23. The van der Waals surface area contributed by atoms with Gasteiger partial charge in [0, 0.05) is 0 Å². The molecule has 3 rings (SSSR count). The molecule has 4 nitrogen and oxygen atoms in total. The van der Waals surface area contributed by atoms with E-state index in [-0.39, 0.29) is 6.04 Å². The second kappa shape index (κ2) is 2.93. The number of hydrogen-bond acceptors (Lipinski definition) is 3. The average molecular weight is 216 g/mol. The maximum absolute atomic E-state index is 5.17. The predicted molar refractivity (Wildman–Crippen MR) is 61.2 cm³/mol. The van der Waals surface area contributed by atoms with E-state index >= 15 is 0 Å². The number of nitrogens with zero attached hydrogens (tertiary/aromatic N) is 4. The van der Waals surface area contributed by atoms with Crippen LogP contribution in [0.4, 0.5) is 0 Å². The standard InChI is InChI=1S/C10H8N4S/c1-6-12-13-9-10(15)11-7-4-2-3-5-8(7)14(6)9/h2-5,8H,1H3. The fraction of sp³-hybridized carbons (Fsp3) is 0.200. The van der Waals surface area contributed by atoms with Crippen LogP contribution < -0.4 is 0 Å². The fourth-order valence-electron chi connectivity index (χ4n) is 1.86. The molecule has 1 unspecified atom stereocenters. The molecule has 0 bridgehead atoms. The molecule has 2 heterocycles. The van der Waals surface area contributed by atoms with E-state index in [0.29, 0.717) is 10.8 Å². The van der Waals surface area contributed by atoms with Gasteiger partial charge in [-0.1, -0.05) is 30.4 Å². The molecule has 1 atom stereocenters. The number of aryl methyl sites for hydroxylation is 1. The molecule has 15 heavy (non-hydrogen) atoms. The van der Waals surface area contributed by atoms with Gasteiger partial charge in [0.2, 0.25) is 0 Å². The molecule has 5 heteroatoms. The lowest BCUT2D eigenvalue weighted by atomic mass is 10.0. The van der Waals surface area contributed by atoms with E-state index in [9.17, 15) is 0 Å². The Bertz CT molecular complexity index is 536. The summed E-state index contributed by atoms with van der Waals surface area (Å²) in [5.74, 6) is 1.56. The van der Waals surface area contributed by atoms with Gasteiger partial charge in [0.15, 0.2) is 10.8 Å². The van der Waals surface area contributed by atoms with Crippen LogP contribution in [0.2, 0.25) is 0 Å². The van der Waals surface area contributed by atoms with Crippen molar-refractivity contribution >= 4 is 22.9 Å². The summed E-state index contributed by atoms with van der Waals surface area (Å²) in [4.78, 5) is 4.86. The minimum atomic E-state index is 0.103. The summed E-state index contributed by atoms with van der Waals surface area (Å²) in [6.07, 6.45) is 8.00. The maximum Gasteiger partial charge on any atom is 0.194 e. The van der Waals surface area contributed by atoms with Gasteiger partial charge in [0.25, 0.3) is 0 Å². The molecule has 1 aromatic heterocycles. The quantitative estimate of drug-likeness (QED) is 0.615. The van der Waals surface area contributed by atoms with Crippen molar-refractivity contribution in [3.8, 4) is 0 Å². The van der Waals surface area contributed by atoms with E-state index in [0.717, 1.165) is 11.5 Å². The van der Waals surface area contributed by atoms with Gasteiger partial charge in [-0.3, -0.25) is 4.57 Å². The normalized spacial score (nSPS) is 22.3. The Balaban J connectivity index is 2.26. The number of fused-ring (bicyclic) bond motifs is 3. The van der Waals surface area contributed by atoms with Gasteiger partial charge in [-0.2, -0.15) is 0 Å². The summed E-state index contributed by atoms with van der Waals surface area (Å²) in [5.41, 5.74) is 0.956. The molecular formula is C10H8N4S. The smallest absolute Gasteiger partial charge is 0.194 e. The number of rotatable bonds is 0. The van der Waals surface area contributed by atoms with Crippen molar-refractivity contribution in [2.24, 2.45) is 4.99 Å². The van der Waals surface area contributed by atoms with E-state index in [4.69, 9.17) is 12.2 Å². The molecule has 0 fully saturated rings. The molecule has 0 radical (unpaired) electrons. The van der Waals surface area contributed by atoms with E-state index in [1.165, 1.54) is 0 Å². The van der Waals surface area contributed by atoms with Crippen LogP contribution in [0.25, 0.3) is 0 Å². The minimum absolute atomic E-state index is 0.103. The first-order valence-electron chi connectivity index (χ1n) is 4.66. The van der Waals surface area contributed by atoms with Gasteiger partial charge in [0.05, 0.1) is 11.8 Å². The van der Waals surface area contributed by atoms with Crippen LogP contribution in [0.1, 0.15) is 17.7 Å². The van der Waals surface area contributed by atoms with Crippen LogP contribution in [0.3, 0.4) is 0 Å². The molecular weight excluding hydrogens is 208 g/mol. The largest absolute Gasteiger partial charge is 0.296 e. The maximum atomic E-state index is 5.17. The van der Waals surface area contributed by atoms with Crippen molar-refractivity contribution in [3.63, 3.8) is 0 Å². The molecule has 2 aliphatic rings. The topological polar surface area (TPSA) is 43.1 Å². The highest BCUT2D eigenvalue weighted by molar-refractivity contribution is 7.80. The fourth-order valence-corrected chi connectivity index (χ4v) is 2.10. The van der Waals surface area contributed by atoms with Crippen LogP contribution in [0.15, 0.2) is 29.3 Å². The molecule has 0 saturated heterocycles. The lowest BCUT2D eigenvalue weighted by molar-refractivity contribution is 0.710. The molecule has 1 aliphatic carbocycles. The van der Waals surface area contributed by atoms with Crippen molar-refractivity contribution in [1.82, 2.24) is 14.8 Å². The molecule has 0 spiro atoms. The van der Waals surface area contributed by atoms with Crippen LogP contribution in [0.5, 0.6) is 0 Å². The predicted octanol–water partition coefficient (Wildman–Crippen LogP) is 1.38. The van der Waals surface area contributed by atoms with E-state index in [1.807, 2.05) is 29.7 Å². The minimum Gasteiger partial charge on any atom is -0.296 e. The van der Waals surface area contributed by atoms with E-state index < -0.39 is 0 Å². The summed E-state index contributed by atoms with van der Waals surface area (Å²) in [6, 6.07) is 0.103. The zero-order valence-corrected chi connectivity index (χ0v) is 8.90. The second-order valence-corrected chi connectivity index (χ2v) is 3.86. The van der Waals surface area contributed by atoms with Crippen LogP contribution in [-0.2, 0) is 0 Å².